The first-order chi connectivity index (χ1) is 14.2. The normalized spacial score (nSPS) is 17.6. The third kappa shape index (κ3) is 3.58. The van der Waals surface area contributed by atoms with Crippen LogP contribution in [0.2, 0.25) is 0 Å². The molecule has 6 nitrogen and oxygen atoms in total. The number of nitrogens with zero attached hydrogens (tertiary/aromatic N) is 4. The Morgan fingerprint density at radius 3 is 2.66 bits per heavy atom. The Bertz CT molecular complexity index is 1040. The quantitative estimate of drug-likeness (QED) is 0.743. The predicted octanol–water partition coefficient (Wildman–Crippen LogP) is 2.41. The van der Waals surface area contributed by atoms with Gasteiger partial charge < -0.3 is 9.80 Å². The average molecular weight is 393 g/mol. The molecule has 2 aromatic carbocycles. The molecule has 2 aliphatic rings. The molecule has 1 amide bonds. The maximum Gasteiger partial charge on any atom is 0.237 e. The van der Waals surface area contributed by atoms with Crippen LogP contribution in [0.3, 0.4) is 0 Å². The number of nitrogens with one attached hydrogen (secondary N) is 1. The van der Waals surface area contributed by atoms with E-state index in [1.807, 2.05) is 11.0 Å². The molecule has 2 aliphatic heterocycles. The van der Waals surface area contributed by atoms with E-state index in [0.717, 1.165) is 50.3 Å². The van der Waals surface area contributed by atoms with E-state index in [0.29, 0.717) is 18.6 Å². The molecule has 1 aromatic heterocycles. The molecule has 0 bridgehead atoms. The summed E-state index contributed by atoms with van der Waals surface area (Å²) in [7, 11) is 0. The summed E-state index contributed by atoms with van der Waals surface area (Å²) in [6, 6.07) is 13.1. The number of benzene rings is 2. The largest absolute Gasteiger partial charge is 0.352 e. The number of hydrogen-bond acceptors (Lipinski definition) is 4. The molecule has 1 fully saturated rings. The Kier molecular flexibility index (Phi) is 4.67. The number of aromatic amines is 1. The highest BCUT2D eigenvalue weighted by Crippen LogP contribution is 2.25. The third-order valence-electron chi connectivity index (χ3n) is 6.02. The number of H-pyrrole nitrogens is 1. The summed E-state index contributed by atoms with van der Waals surface area (Å²) in [6.45, 7) is 5.19. The van der Waals surface area contributed by atoms with Crippen molar-refractivity contribution in [1.82, 2.24) is 20.0 Å². The van der Waals surface area contributed by atoms with Crippen molar-refractivity contribution in [3.8, 4) is 0 Å². The van der Waals surface area contributed by atoms with Crippen LogP contribution < -0.4 is 4.90 Å². The molecule has 3 aromatic rings. The second-order valence-corrected chi connectivity index (χ2v) is 7.83. The smallest absolute Gasteiger partial charge is 0.237 e. The van der Waals surface area contributed by atoms with Gasteiger partial charge in [-0.1, -0.05) is 24.3 Å². The van der Waals surface area contributed by atoms with Crippen LogP contribution in [0, 0.1) is 5.82 Å². The number of amides is 1. The van der Waals surface area contributed by atoms with Gasteiger partial charge in [0.1, 0.15) is 5.82 Å². The molecule has 0 spiro atoms. The Morgan fingerprint density at radius 1 is 1.03 bits per heavy atom. The number of rotatable bonds is 3. The predicted molar refractivity (Wildman–Crippen MR) is 110 cm³/mol. The first kappa shape index (κ1) is 18.1. The summed E-state index contributed by atoms with van der Waals surface area (Å²) in [5.41, 5.74) is 3.33. The lowest BCUT2D eigenvalue weighted by molar-refractivity contribution is -0.133. The summed E-state index contributed by atoms with van der Waals surface area (Å²) in [5, 5.41) is 8.23. The van der Waals surface area contributed by atoms with Crippen molar-refractivity contribution in [3.05, 3.63) is 59.4 Å². The van der Waals surface area contributed by atoms with Crippen LogP contribution in [0.1, 0.15) is 11.1 Å². The van der Waals surface area contributed by atoms with Crippen molar-refractivity contribution in [2.24, 2.45) is 0 Å². The van der Waals surface area contributed by atoms with Crippen LogP contribution >= 0.6 is 0 Å². The van der Waals surface area contributed by atoms with E-state index in [4.69, 9.17) is 0 Å². The number of piperazine rings is 1. The number of anilines is 1. The van der Waals surface area contributed by atoms with E-state index >= 15 is 0 Å². The van der Waals surface area contributed by atoms with Gasteiger partial charge in [-0.3, -0.25) is 14.8 Å². The number of carbonyl (C=O) groups is 1. The molecule has 5 rings (SSSR count). The lowest BCUT2D eigenvalue weighted by Crippen LogP contribution is -2.50. The minimum absolute atomic E-state index is 0.202. The van der Waals surface area contributed by atoms with Gasteiger partial charge in [-0.2, -0.15) is 5.10 Å². The topological polar surface area (TPSA) is 55.5 Å². The van der Waals surface area contributed by atoms with E-state index in [-0.39, 0.29) is 11.7 Å². The number of carbonyl (C=O) groups excluding carboxylic acids is 1. The van der Waals surface area contributed by atoms with Gasteiger partial charge in [-0.25, -0.2) is 4.39 Å². The lowest BCUT2D eigenvalue weighted by atomic mass is 10.00. The van der Waals surface area contributed by atoms with E-state index in [1.165, 1.54) is 23.3 Å². The van der Waals surface area contributed by atoms with Crippen LogP contribution in [0.5, 0.6) is 0 Å². The van der Waals surface area contributed by atoms with Crippen LogP contribution in [0.4, 0.5) is 10.2 Å². The first-order valence-electron chi connectivity index (χ1n) is 10.1. The van der Waals surface area contributed by atoms with Crippen LogP contribution in [-0.2, 0) is 17.8 Å². The summed E-state index contributed by atoms with van der Waals surface area (Å²) in [4.78, 5) is 19.2. The van der Waals surface area contributed by atoms with E-state index in [2.05, 4.69) is 38.2 Å². The average Bonchev–Trinajstić information content (AvgIpc) is 3.17. The molecule has 7 heteroatoms. The van der Waals surface area contributed by atoms with E-state index < -0.39 is 0 Å². The minimum Gasteiger partial charge on any atom is -0.352 e. The van der Waals surface area contributed by atoms with Gasteiger partial charge in [0.25, 0.3) is 0 Å². The van der Waals surface area contributed by atoms with Gasteiger partial charge in [0.05, 0.1) is 12.1 Å². The van der Waals surface area contributed by atoms with Crippen molar-refractivity contribution < 1.29 is 9.18 Å². The van der Waals surface area contributed by atoms with Crippen molar-refractivity contribution in [2.75, 3.05) is 44.2 Å². The fourth-order valence-electron chi connectivity index (χ4n) is 4.34. The molecular formula is C22H24FN5O. The number of hydrogen-bond donors (Lipinski definition) is 1. The van der Waals surface area contributed by atoms with Gasteiger partial charge in [0, 0.05) is 44.7 Å². The molecule has 0 saturated carbocycles. The van der Waals surface area contributed by atoms with Gasteiger partial charge in [0.2, 0.25) is 5.91 Å². The second-order valence-electron chi connectivity index (χ2n) is 7.83. The molecular weight excluding hydrogens is 369 g/mol. The molecule has 29 heavy (non-hydrogen) atoms. The van der Waals surface area contributed by atoms with Gasteiger partial charge in [-0.15, -0.1) is 0 Å². The van der Waals surface area contributed by atoms with Crippen LogP contribution in [0.15, 0.2) is 42.5 Å². The lowest BCUT2D eigenvalue weighted by Gasteiger charge is -2.36. The molecule has 0 radical (unpaired) electrons. The monoisotopic (exact) mass is 393 g/mol. The number of aromatic nitrogens is 2. The summed E-state index contributed by atoms with van der Waals surface area (Å²) >= 11 is 0. The number of fused-ring (bicyclic) bond motifs is 2. The summed E-state index contributed by atoms with van der Waals surface area (Å²) in [6.07, 6.45) is 0.933. The molecule has 0 aliphatic carbocycles. The number of halogens is 1. The summed E-state index contributed by atoms with van der Waals surface area (Å²) < 4.78 is 13.4. The van der Waals surface area contributed by atoms with E-state index in [9.17, 15) is 9.18 Å². The zero-order valence-corrected chi connectivity index (χ0v) is 16.3. The first-order valence-corrected chi connectivity index (χ1v) is 10.1. The fourth-order valence-corrected chi connectivity index (χ4v) is 4.34. The van der Waals surface area contributed by atoms with Crippen molar-refractivity contribution in [1.29, 1.82) is 0 Å². The van der Waals surface area contributed by atoms with Crippen molar-refractivity contribution in [3.63, 3.8) is 0 Å². The molecule has 150 valence electrons. The molecule has 1 saturated heterocycles. The minimum atomic E-state index is -0.267. The van der Waals surface area contributed by atoms with E-state index in [1.54, 1.807) is 6.07 Å². The molecule has 0 unspecified atom stereocenters. The molecule has 1 N–H and O–H groups in total. The highest BCUT2D eigenvalue weighted by molar-refractivity contribution is 5.90. The summed E-state index contributed by atoms with van der Waals surface area (Å²) in [5.74, 6) is 0.795. The zero-order chi connectivity index (χ0) is 19.8. The van der Waals surface area contributed by atoms with Crippen LogP contribution in [-0.4, -0.2) is 65.2 Å². The SMILES string of the molecule is O=C(CN1CCN(c2n[nH]c3cc(F)ccc23)CC1)N1CCc2ccccc2C1. The maximum atomic E-state index is 13.4. The van der Waals surface area contributed by atoms with Gasteiger partial charge in [-0.05, 0) is 35.7 Å². The zero-order valence-electron chi connectivity index (χ0n) is 16.3. The van der Waals surface area contributed by atoms with Crippen molar-refractivity contribution in [2.45, 2.75) is 13.0 Å². The van der Waals surface area contributed by atoms with Gasteiger partial charge in [0.15, 0.2) is 5.82 Å². The Labute approximate surface area is 168 Å². The second kappa shape index (κ2) is 7.48. The third-order valence-corrected chi connectivity index (χ3v) is 6.02. The Morgan fingerprint density at radius 2 is 1.83 bits per heavy atom. The Balaban J connectivity index is 1.18. The molecule has 0 atom stereocenters. The van der Waals surface area contributed by atoms with Crippen LogP contribution in [0.25, 0.3) is 10.9 Å². The Hall–Kier alpha value is -2.93. The highest BCUT2D eigenvalue weighted by atomic mass is 19.1. The maximum absolute atomic E-state index is 13.4. The van der Waals surface area contributed by atoms with Gasteiger partial charge >= 0.3 is 0 Å². The standard InChI is InChI=1S/C22H24FN5O/c23-18-5-6-19-20(13-18)24-25-22(19)27-11-9-26(10-12-27)15-21(29)28-8-7-16-3-1-2-4-17(16)14-28/h1-6,13H,7-12,14-15H2,(H,24,25). The fraction of sp³-hybridized carbons (Fsp3) is 0.364. The molecule has 3 heterocycles. The highest BCUT2D eigenvalue weighted by Gasteiger charge is 2.25. The van der Waals surface area contributed by atoms with Crippen molar-refractivity contribution >= 4 is 22.6 Å².